The van der Waals surface area contributed by atoms with E-state index in [-0.39, 0.29) is 23.0 Å². The molecule has 0 saturated heterocycles. The van der Waals surface area contributed by atoms with Gasteiger partial charge in [-0.15, -0.1) is 0 Å². The Kier molecular flexibility index (Phi) is 10.8. The van der Waals surface area contributed by atoms with Crippen LogP contribution in [0.3, 0.4) is 0 Å². The predicted molar refractivity (Wildman–Crippen MR) is 157 cm³/mol. The molecule has 1 N–H and O–H groups in total. The second-order valence-corrected chi connectivity index (χ2v) is 12.0. The van der Waals surface area contributed by atoms with Gasteiger partial charge < -0.3 is 10.2 Å². The molecule has 7 nitrogen and oxygen atoms in total. The first-order valence-corrected chi connectivity index (χ1v) is 14.9. The molecule has 0 aliphatic rings. The molecule has 208 valence electrons. The molecule has 2 amide bonds. The summed E-state index contributed by atoms with van der Waals surface area (Å²) in [5, 5.41) is 3.74. The van der Waals surface area contributed by atoms with E-state index in [0.29, 0.717) is 22.2 Å². The number of sulfonamides is 1. The highest BCUT2D eigenvalue weighted by Gasteiger charge is 2.33. The lowest BCUT2D eigenvalue weighted by Gasteiger charge is -2.32. The van der Waals surface area contributed by atoms with Crippen molar-refractivity contribution in [1.29, 1.82) is 0 Å². The second kappa shape index (κ2) is 13.8. The first-order valence-electron chi connectivity index (χ1n) is 12.7. The number of hydrogen-bond donors (Lipinski definition) is 1. The van der Waals surface area contributed by atoms with Gasteiger partial charge in [0.2, 0.25) is 11.8 Å². The van der Waals surface area contributed by atoms with Crippen molar-refractivity contribution in [3.8, 4) is 0 Å². The van der Waals surface area contributed by atoms with Crippen molar-refractivity contribution in [2.24, 2.45) is 0 Å². The van der Waals surface area contributed by atoms with Crippen LogP contribution in [0, 0.1) is 6.92 Å². The van der Waals surface area contributed by atoms with E-state index in [1.165, 1.54) is 23.1 Å². The highest BCUT2D eigenvalue weighted by molar-refractivity contribution is 7.92. The number of carbonyl (C=O) groups is 2. The number of amides is 2. The fraction of sp³-hybridized carbons (Fsp3) is 0.310. The standard InChI is InChI=1S/C29H33Cl2N3O4S/c1-4-5-17-32-29(36)22(3)33(19-23-12-15-24(30)16-13-23)28(35)20-34(27-18-25(31)14-11-21(27)2)39(37,38)26-9-7-6-8-10-26/h6-16,18,22H,4-5,17,19-20H2,1-3H3,(H,32,36)/t22-/m1/s1. The minimum Gasteiger partial charge on any atom is -0.354 e. The van der Waals surface area contributed by atoms with E-state index in [9.17, 15) is 18.0 Å². The number of aryl methyl sites for hydroxylation is 1. The summed E-state index contributed by atoms with van der Waals surface area (Å²) in [7, 11) is -4.15. The van der Waals surface area contributed by atoms with Crippen molar-refractivity contribution >= 4 is 50.7 Å². The molecule has 0 bridgehead atoms. The summed E-state index contributed by atoms with van der Waals surface area (Å²) in [6.07, 6.45) is 1.72. The minimum atomic E-state index is -4.15. The first kappa shape index (κ1) is 30.5. The third kappa shape index (κ3) is 7.97. The number of halogens is 2. The van der Waals surface area contributed by atoms with E-state index < -0.39 is 28.5 Å². The number of anilines is 1. The Labute approximate surface area is 240 Å². The van der Waals surface area contributed by atoms with Crippen LogP contribution in [0.25, 0.3) is 0 Å². The molecule has 3 rings (SSSR count). The van der Waals surface area contributed by atoms with Crippen LogP contribution < -0.4 is 9.62 Å². The predicted octanol–water partition coefficient (Wildman–Crippen LogP) is 5.83. The van der Waals surface area contributed by atoms with Gasteiger partial charge in [-0.25, -0.2) is 8.42 Å². The number of benzene rings is 3. The van der Waals surface area contributed by atoms with E-state index in [1.54, 1.807) is 68.4 Å². The molecule has 0 spiro atoms. The van der Waals surface area contributed by atoms with Crippen LogP contribution in [-0.2, 0) is 26.2 Å². The van der Waals surface area contributed by atoms with Crippen molar-refractivity contribution in [3.05, 3.63) is 94.0 Å². The summed E-state index contributed by atoms with van der Waals surface area (Å²) in [6, 6.07) is 18.9. The summed E-state index contributed by atoms with van der Waals surface area (Å²) in [4.78, 5) is 28.4. The van der Waals surface area contributed by atoms with Gasteiger partial charge >= 0.3 is 0 Å². The molecule has 0 aliphatic carbocycles. The van der Waals surface area contributed by atoms with E-state index in [2.05, 4.69) is 5.32 Å². The smallest absolute Gasteiger partial charge is 0.264 e. The third-order valence-electron chi connectivity index (χ3n) is 6.31. The number of carbonyl (C=O) groups excluding carboxylic acids is 2. The third-order valence-corrected chi connectivity index (χ3v) is 8.57. The van der Waals surface area contributed by atoms with Crippen LogP contribution in [0.15, 0.2) is 77.7 Å². The Morgan fingerprint density at radius 3 is 2.23 bits per heavy atom. The topological polar surface area (TPSA) is 86.8 Å². The molecule has 0 aliphatic heterocycles. The molecule has 0 heterocycles. The summed E-state index contributed by atoms with van der Waals surface area (Å²) in [6.45, 7) is 5.45. The molecule has 0 unspecified atom stereocenters. The molecule has 0 radical (unpaired) electrons. The van der Waals surface area contributed by atoms with Crippen LogP contribution in [-0.4, -0.2) is 44.3 Å². The van der Waals surface area contributed by atoms with Gasteiger partial charge in [0, 0.05) is 23.1 Å². The fourth-order valence-electron chi connectivity index (χ4n) is 3.99. The summed E-state index contributed by atoms with van der Waals surface area (Å²) in [5.74, 6) is -0.857. The van der Waals surface area contributed by atoms with Gasteiger partial charge in [-0.1, -0.05) is 72.9 Å². The highest BCUT2D eigenvalue weighted by atomic mass is 35.5. The zero-order valence-corrected chi connectivity index (χ0v) is 24.6. The van der Waals surface area contributed by atoms with Gasteiger partial charge in [0.1, 0.15) is 12.6 Å². The molecule has 0 fully saturated rings. The van der Waals surface area contributed by atoms with E-state index >= 15 is 0 Å². The largest absolute Gasteiger partial charge is 0.354 e. The lowest BCUT2D eigenvalue weighted by molar-refractivity contribution is -0.139. The number of rotatable bonds is 12. The first-order chi connectivity index (χ1) is 18.5. The maximum absolute atomic E-state index is 13.9. The zero-order valence-electron chi connectivity index (χ0n) is 22.2. The lowest BCUT2D eigenvalue weighted by atomic mass is 10.1. The Morgan fingerprint density at radius 2 is 1.59 bits per heavy atom. The summed E-state index contributed by atoms with van der Waals surface area (Å²) >= 11 is 12.3. The van der Waals surface area contributed by atoms with E-state index in [4.69, 9.17) is 23.2 Å². The Hall–Kier alpha value is -3.07. The molecule has 0 saturated carbocycles. The normalized spacial score (nSPS) is 12.0. The van der Waals surface area contributed by atoms with Gasteiger partial charge in [0.05, 0.1) is 10.6 Å². The molecule has 3 aromatic rings. The molecule has 0 aromatic heterocycles. The van der Waals surface area contributed by atoms with Crippen LogP contribution in [0.5, 0.6) is 0 Å². The second-order valence-electron chi connectivity index (χ2n) is 9.22. The fourth-order valence-corrected chi connectivity index (χ4v) is 5.77. The molecular formula is C29H33Cl2N3O4S. The molecule has 3 aromatic carbocycles. The Morgan fingerprint density at radius 1 is 0.949 bits per heavy atom. The van der Waals surface area contributed by atoms with Crippen molar-refractivity contribution in [2.75, 3.05) is 17.4 Å². The summed E-state index contributed by atoms with van der Waals surface area (Å²) < 4.78 is 28.8. The maximum Gasteiger partial charge on any atom is 0.264 e. The highest BCUT2D eigenvalue weighted by Crippen LogP contribution is 2.30. The van der Waals surface area contributed by atoms with Crippen LogP contribution in [0.1, 0.15) is 37.8 Å². The maximum atomic E-state index is 13.9. The zero-order chi connectivity index (χ0) is 28.6. The minimum absolute atomic E-state index is 0.0341. The van der Waals surface area contributed by atoms with Crippen LogP contribution in [0.2, 0.25) is 10.0 Å². The quantitative estimate of drug-likeness (QED) is 0.269. The van der Waals surface area contributed by atoms with Crippen molar-refractivity contribution < 1.29 is 18.0 Å². The Bertz CT molecular complexity index is 1380. The van der Waals surface area contributed by atoms with Crippen LogP contribution >= 0.6 is 23.2 Å². The van der Waals surface area contributed by atoms with Crippen molar-refractivity contribution in [1.82, 2.24) is 10.2 Å². The average Bonchev–Trinajstić information content (AvgIpc) is 2.92. The number of nitrogens with one attached hydrogen (secondary N) is 1. The monoisotopic (exact) mass is 589 g/mol. The summed E-state index contributed by atoms with van der Waals surface area (Å²) in [5.41, 5.74) is 1.66. The average molecular weight is 591 g/mol. The van der Waals surface area contributed by atoms with Gasteiger partial charge in [-0.2, -0.15) is 0 Å². The molecule has 10 heteroatoms. The molecule has 1 atom stereocenters. The van der Waals surface area contributed by atoms with Crippen molar-refractivity contribution in [3.63, 3.8) is 0 Å². The SMILES string of the molecule is CCCCNC(=O)[C@@H](C)N(Cc1ccc(Cl)cc1)C(=O)CN(c1cc(Cl)ccc1C)S(=O)(=O)c1ccccc1. The number of unbranched alkanes of at least 4 members (excludes halogenated alkanes) is 1. The molecular weight excluding hydrogens is 557 g/mol. The molecule has 39 heavy (non-hydrogen) atoms. The van der Waals surface area contributed by atoms with E-state index in [1.807, 2.05) is 6.92 Å². The van der Waals surface area contributed by atoms with Gasteiger partial charge in [0.15, 0.2) is 0 Å². The number of nitrogens with zero attached hydrogens (tertiary/aromatic N) is 2. The van der Waals surface area contributed by atoms with Crippen molar-refractivity contribution in [2.45, 2.75) is 51.1 Å². The van der Waals surface area contributed by atoms with Gasteiger partial charge in [-0.05, 0) is 67.8 Å². The number of hydrogen-bond acceptors (Lipinski definition) is 4. The van der Waals surface area contributed by atoms with E-state index in [0.717, 1.165) is 22.7 Å². The Balaban J connectivity index is 2.02. The van der Waals surface area contributed by atoms with Gasteiger partial charge in [-0.3, -0.25) is 13.9 Å². The van der Waals surface area contributed by atoms with Gasteiger partial charge in [0.25, 0.3) is 10.0 Å². The van der Waals surface area contributed by atoms with Crippen LogP contribution in [0.4, 0.5) is 5.69 Å². The lowest BCUT2D eigenvalue weighted by Crippen LogP contribution is -2.51.